The number of rotatable bonds is 7. The second-order valence-corrected chi connectivity index (χ2v) is 15.3. The van der Waals surface area contributed by atoms with Crippen molar-refractivity contribution in [3.05, 3.63) is 70.8 Å². The first-order valence-electron chi connectivity index (χ1n) is 17.7. The lowest BCUT2D eigenvalue weighted by Gasteiger charge is -2.38. The summed E-state index contributed by atoms with van der Waals surface area (Å²) in [4.78, 5) is 63.4. The molecule has 4 atom stereocenters. The first-order chi connectivity index (χ1) is 23.9. The SMILES string of the molecule is CCOC(=O)CC(=O)C1CCN(C(=O)OC)C(c2cccc(C(C)(C)C)c2)C1.COC(=O)N1CCC(C(=O)O)CC1c1cccc(C(C)(C)C)c1. The van der Waals surface area contributed by atoms with E-state index in [1.807, 2.05) is 24.3 Å². The Labute approximate surface area is 302 Å². The summed E-state index contributed by atoms with van der Waals surface area (Å²) in [6.45, 7) is 15.6. The van der Waals surface area contributed by atoms with Gasteiger partial charge in [-0.2, -0.15) is 0 Å². The van der Waals surface area contributed by atoms with Crippen LogP contribution in [0.2, 0.25) is 0 Å². The molecule has 11 nitrogen and oxygen atoms in total. The topological polar surface area (TPSA) is 140 Å². The number of aliphatic carboxylic acids is 1. The molecule has 4 unspecified atom stereocenters. The number of benzene rings is 2. The van der Waals surface area contributed by atoms with Gasteiger partial charge in [-0.25, -0.2) is 9.59 Å². The first kappa shape index (κ1) is 41.0. The van der Waals surface area contributed by atoms with Crippen LogP contribution in [-0.2, 0) is 39.4 Å². The van der Waals surface area contributed by atoms with Crippen molar-refractivity contribution in [2.24, 2.45) is 11.8 Å². The Balaban J connectivity index is 0.000000281. The third-order valence-corrected chi connectivity index (χ3v) is 9.73. The highest BCUT2D eigenvalue weighted by Gasteiger charge is 2.38. The summed E-state index contributed by atoms with van der Waals surface area (Å²) in [5.41, 5.74) is 4.24. The van der Waals surface area contributed by atoms with Crippen LogP contribution >= 0.6 is 0 Å². The molecule has 4 rings (SSSR count). The van der Waals surface area contributed by atoms with E-state index in [0.29, 0.717) is 38.8 Å². The highest BCUT2D eigenvalue weighted by Crippen LogP contribution is 2.38. The summed E-state index contributed by atoms with van der Waals surface area (Å²) in [6.07, 6.45) is 0.843. The second-order valence-electron chi connectivity index (χ2n) is 15.3. The molecule has 2 aromatic carbocycles. The van der Waals surface area contributed by atoms with E-state index >= 15 is 0 Å². The summed E-state index contributed by atoms with van der Waals surface area (Å²) in [7, 11) is 2.72. The molecule has 280 valence electrons. The van der Waals surface area contributed by atoms with Gasteiger partial charge >= 0.3 is 24.1 Å². The number of ether oxygens (including phenoxy) is 3. The molecular weight excluding hydrogens is 652 g/mol. The van der Waals surface area contributed by atoms with Crippen molar-refractivity contribution in [2.45, 2.75) is 103 Å². The molecular formula is C40H56N2O9. The van der Waals surface area contributed by atoms with E-state index in [2.05, 4.69) is 65.8 Å². The van der Waals surface area contributed by atoms with Crippen LogP contribution in [0.1, 0.15) is 115 Å². The van der Waals surface area contributed by atoms with E-state index in [0.717, 1.165) is 22.3 Å². The van der Waals surface area contributed by atoms with Gasteiger partial charge in [0.2, 0.25) is 0 Å². The van der Waals surface area contributed by atoms with Gasteiger partial charge in [0, 0.05) is 19.0 Å². The lowest BCUT2D eigenvalue weighted by Crippen LogP contribution is -2.43. The number of hydrogen-bond acceptors (Lipinski definition) is 8. The number of piperidine rings is 2. The fourth-order valence-corrected chi connectivity index (χ4v) is 6.67. The molecule has 0 bridgehead atoms. The van der Waals surface area contributed by atoms with Crippen LogP contribution in [0.4, 0.5) is 9.59 Å². The smallest absolute Gasteiger partial charge is 0.409 e. The number of carboxylic acids is 1. The Bertz CT molecular complexity index is 1540. The number of esters is 1. The molecule has 2 aromatic rings. The summed E-state index contributed by atoms with van der Waals surface area (Å²) >= 11 is 0. The summed E-state index contributed by atoms with van der Waals surface area (Å²) in [6, 6.07) is 15.7. The molecule has 2 aliphatic rings. The normalized spacial score (nSPS) is 20.7. The van der Waals surface area contributed by atoms with Crippen LogP contribution < -0.4 is 0 Å². The fourth-order valence-electron chi connectivity index (χ4n) is 6.67. The maximum Gasteiger partial charge on any atom is 0.409 e. The summed E-state index contributed by atoms with van der Waals surface area (Å²) < 4.78 is 14.7. The number of carboxylic acid groups (broad SMARTS) is 1. The van der Waals surface area contributed by atoms with Crippen molar-refractivity contribution >= 4 is 29.9 Å². The van der Waals surface area contributed by atoms with Gasteiger partial charge in [-0.15, -0.1) is 0 Å². The van der Waals surface area contributed by atoms with E-state index in [4.69, 9.17) is 14.2 Å². The van der Waals surface area contributed by atoms with Crippen LogP contribution in [0.3, 0.4) is 0 Å². The molecule has 2 fully saturated rings. The molecule has 11 heteroatoms. The van der Waals surface area contributed by atoms with Crippen LogP contribution in [0, 0.1) is 11.8 Å². The number of likely N-dealkylation sites (tertiary alicyclic amines) is 2. The molecule has 2 saturated heterocycles. The molecule has 0 saturated carbocycles. The molecule has 1 N–H and O–H groups in total. The first-order valence-corrected chi connectivity index (χ1v) is 17.7. The average Bonchev–Trinajstić information content (AvgIpc) is 3.10. The van der Waals surface area contributed by atoms with Crippen LogP contribution in [0.5, 0.6) is 0 Å². The number of amides is 2. The van der Waals surface area contributed by atoms with E-state index in [1.165, 1.54) is 14.2 Å². The minimum atomic E-state index is -0.800. The molecule has 2 heterocycles. The van der Waals surface area contributed by atoms with Crippen molar-refractivity contribution in [1.82, 2.24) is 9.80 Å². The number of Topliss-reactive ketones (excluding diaryl/α,β-unsaturated/α-hetero) is 1. The Hall–Kier alpha value is -4.41. The standard InChI is InChI=1S/C22H31NO5.C18H25NO4/c1-6-28-20(25)14-19(24)16-10-11-23(21(26)27-5)18(13-16)15-8-7-9-17(12-15)22(2,3)4;1-18(2,3)14-7-5-6-12(10-14)15-11-13(16(20)21)8-9-19(15)17(22)23-4/h7-9,12,16,18H,6,10-11,13-14H2,1-5H3;5-7,10,13,15H,8-9,11H2,1-4H3,(H,20,21). The number of ketones is 1. The van der Waals surface area contributed by atoms with Crippen molar-refractivity contribution in [3.63, 3.8) is 0 Å². The zero-order valence-corrected chi connectivity index (χ0v) is 31.7. The Morgan fingerprint density at radius 3 is 1.55 bits per heavy atom. The Kier molecular flexibility index (Phi) is 14.2. The number of methoxy groups -OCH3 is 2. The minimum absolute atomic E-state index is 0.00697. The molecule has 0 spiro atoms. The number of carbonyl (C=O) groups is 5. The predicted octanol–water partition coefficient (Wildman–Crippen LogP) is 7.61. The molecule has 0 radical (unpaired) electrons. The van der Waals surface area contributed by atoms with E-state index < -0.39 is 30.0 Å². The van der Waals surface area contributed by atoms with Gasteiger partial charge in [0.05, 0.1) is 38.8 Å². The maximum absolute atomic E-state index is 12.6. The predicted molar refractivity (Wildman–Crippen MR) is 193 cm³/mol. The zero-order chi connectivity index (χ0) is 38.1. The molecule has 0 aromatic heterocycles. The lowest BCUT2D eigenvalue weighted by molar-refractivity contribution is -0.147. The summed E-state index contributed by atoms with van der Waals surface area (Å²) in [5, 5.41) is 9.33. The molecule has 0 aliphatic carbocycles. The monoisotopic (exact) mass is 708 g/mol. The molecule has 2 aliphatic heterocycles. The van der Waals surface area contributed by atoms with E-state index in [9.17, 15) is 29.1 Å². The van der Waals surface area contributed by atoms with Crippen LogP contribution in [0.15, 0.2) is 48.5 Å². The zero-order valence-electron chi connectivity index (χ0n) is 31.7. The van der Waals surface area contributed by atoms with Crippen molar-refractivity contribution in [3.8, 4) is 0 Å². The number of hydrogen-bond donors (Lipinski definition) is 1. The number of nitrogens with zero attached hydrogens (tertiary/aromatic N) is 2. The average molecular weight is 709 g/mol. The highest BCUT2D eigenvalue weighted by atomic mass is 16.5. The van der Waals surface area contributed by atoms with Crippen LogP contribution in [-0.4, -0.2) is 78.7 Å². The third-order valence-electron chi connectivity index (χ3n) is 9.73. The van der Waals surface area contributed by atoms with Crippen LogP contribution in [0.25, 0.3) is 0 Å². The van der Waals surface area contributed by atoms with Gasteiger partial charge in [-0.05, 0) is 65.7 Å². The van der Waals surface area contributed by atoms with Gasteiger partial charge in [-0.3, -0.25) is 14.4 Å². The van der Waals surface area contributed by atoms with Gasteiger partial charge in [0.1, 0.15) is 12.2 Å². The van der Waals surface area contributed by atoms with E-state index in [1.54, 1.807) is 16.7 Å². The maximum atomic E-state index is 12.6. The Morgan fingerprint density at radius 2 is 1.16 bits per heavy atom. The van der Waals surface area contributed by atoms with E-state index in [-0.39, 0.29) is 47.6 Å². The summed E-state index contributed by atoms with van der Waals surface area (Å²) in [5.74, 6) is -2.13. The third kappa shape index (κ3) is 11.0. The largest absolute Gasteiger partial charge is 0.481 e. The lowest BCUT2D eigenvalue weighted by atomic mass is 9.81. The highest BCUT2D eigenvalue weighted by molar-refractivity contribution is 5.97. The quantitative estimate of drug-likeness (QED) is 0.175. The van der Waals surface area contributed by atoms with Gasteiger partial charge in [0.15, 0.2) is 0 Å². The minimum Gasteiger partial charge on any atom is -0.481 e. The molecule has 51 heavy (non-hydrogen) atoms. The fraction of sp³-hybridized carbons (Fsp3) is 0.575. The van der Waals surface area contributed by atoms with Gasteiger partial charge in [0.25, 0.3) is 0 Å². The van der Waals surface area contributed by atoms with Crippen molar-refractivity contribution in [1.29, 1.82) is 0 Å². The Morgan fingerprint density at radius 1 is 0.725 bits per heavy atom. The van der Waals surface area contributed by atoms with Gasteiger partial charge in [-0.1, -0.05) is 90.1 Å². The van der Waals surface area contributed by atoms with Crippen molar-refractivity contribution in [2.75, 3.05) is 33.9 Å². The van der Waals surface area contributed by atoms with Crippen molar-refractivity contribution < 1.29 is 43.3 Å². The molecule has 2 amide bonds. The van der Waals surface area contributed by atoms with Gasteiger partial charge < -0.3 is 29.1 Å². The number of carbonyl (C=O) groups excluding carboxylic acids is 4. The second kappa shape index (κ2) is 17.7.